The molecule has 15 nitrogen and oxygen atoms in total. The molecule has 322 valence electrons. The Hall–Kier alpha value is -6.07. The molecule has 1 aliphatic carbocycles. The van der Waals surface area contributed by atoms with Crippen LogP contribution in [0.15, 0.2) is 74.9 Å². The molecule has 3 aliphatic heterocycles. The number of fused-ring (bicyclic) bond motifs is 2. The minimum Gasteiger partial charge on any atom is -0.381 e. The smallest absolute Gasteiger partial charge is 0.381 e. The minimum absolute atomic E-state index is 0.0248. The molecule has 2 N–H and O–H groups in total. The van der Waals surface area contributed by atoms with Crippen molar-refractivity contribution in [1.29, 1.82) is 4.78 Å². The zero-order valence-corrected chi connectivity index (χ0v) is 36.1. The number of aromatic amines is 1. The molecule has 3 amide bonds. The summed E-state index contributed by atoms with van der Waals surface area (Å²) in [4.78, 5) is 50.7. The van der Waals surface area contributed by atoms with Crippen molar-refractivity contribution >= 4 is 44.1 Å². The average Bonchev–Trinajstić information content (AvgIpc) is 3.75. The summed E-state index contributed by atoms with van der Waals surface area (Å²) in [6, 6.07) is 17.5. The molecular formula is C45H48FN9O6S. The van der Waals surface area contributed by atoms with Crippen LogP contribution in [0.2, 0.25) is 0 Å². The van der Waals surface area contributed by atoms with Gasteiger partial charge in [0.25, 0.3) is 5.91 Å². The van der Waals surface area contributed by atoms with Gasteiger partial charge in [0.15, 0.2) is 5.82 Å². The lowest BCUT2D eigenvalue weighted by Gasteiger charge is -2.35. The summed E-state index contributed by atoms with van der Waals surface area (Å²) in [5.41, 5.74) is 5.15. The fraction of sp³-hybridized carbons (Fsp3) is 0.400. The average molecular weight is 862 g/mol. The molecule has 1 saturated carbocycles. The first-order valence-corrected chi connectivity index (χ1v) is 23.0. The van der Waals surface area contributed by atoms with E-state index in [1.807, 2.05) is 22.5 Å². The largest absolute Gasteiger partial charge is 0.438 e. The Labute approximate surface area is 357 Å². The Kier molecular flexibility index (Phi) is 9.37. The predicted octanol–water partition coefficient (Wildman–Crippen LogP) is 7.18. The number of nitrogens with one attached hydrogen (secondary N) is 2. The van der Waals surface area contributed by atoms with E-state index < -0.39 is 27.1 Å². The van der Waals surface area contributed by atoms with E-state index in [1.165, 1.54) is 11.8 Å². The Morgan fingerprint density at radius 2 is 1.65 bits per heavy atom. The van der Waals surface area contributed by atoms with Crippen LogP contribution in [-0.2, 0) is 26.4 Å². The second-order valence-electron chi connectivity index (χ2n) is 17.4. The van der Waals surface area contributed by atoms with Gasteiger partial charge in [0.2, 0.25) is 0 Å². The number of rotatable bonds is 8. The van der Waals surface area contributed by atoms with Gasteiger partial charge in [-0.1, -0.05) is 18.1 Å². The Morgan fingerprint density at radius 3 is 2.29 bits per heavy atom. The number of hydrogen-bond acceptors (Lipinski definition) is 9. The van der Waals surface area contributed by atoms with Crippen LogP contribution in [0, 0.1) is 30.4 Å². The molecular weight excluding hydrogens is 814 g/mol. The molecule has 62 heavy (non-hydrogen) atoms. The predicted molar refractivity (Wildman–Crippen MR) is 230 cm³/mol. The number of hydrogen-bond donors (Lipinski definition) is 2. The van der Waals surface area contributed by atoms with E-state index in [0.717, 1.165) is 35.0 Å². The molecule has 4 aliphatic rings. The third kappa shape index (κ3) is 6.29. The number of carbonyl (C=O) groups excluding carboxylic acids is 2. The van der Waals surface area contributed by atoms with Crippen LogP contribution < -0.4 is 15.6 Å². The number of urea groups is 1. The van der Waals surface area contributed by atoms with E-state index >= 15 is 9.18 Å². The first-order valence-electron chi connectivity index (χ1n) is 21.1. The molecule has 3 aromatic carbocycles. The molecule has 6 aromatic rings. The van der Waals surface area contributed by atoms with Crippen LogP contribution in [0.5, 0.6) is 0 Å². The van der Waals surface area contributed by atoms with E-state index in [4.69, 9.17) is 19.1 Å². The van der Waals surface area contributed by atoms with Crippen molar-refractivity contribution < 1.29 is 27.4 Å². The highest BCUT2D eigenvalue weighted by atomic mass is 32.2. The quantitative estimate of drug-likeness (QED) is 0.162. The zero-order valence-electron chi connectivity index (χ0n) is 35.2. The van der Waals surface area contributed by atoms with Crippen LogP contribution in [0.4, 0.5) is 20.7 Å². The highest BCUT2D eigenvalue weighted by Crippen LogP contribution is 2.56. The maximum atomic E-state index is 15.4. The Morgan fingerprint density at radius 1 is 0.952 bits per heavy atom. The number of H-pyrrole nitrogens is 1. The lowest BCUT2D eigenvalue weighted by Crippen LogP contribution is -2.41. The molecule has 3 fully saturated rings. The van der Waals surface area contributed by atoms with Gasteiger partial charge in [-0.25, -0.2) is 27.6 Å². The number of amides is 3. The molecule has 0 radical (unpaired) electrons. The maximum Gasteiger partial charge on any atom is 0.438 e. The third-order valence-corrected chi connectivity index (χ3v) is 14.7. The van der Waals surface area contributed by atoms with E-state index in [1.54, 1.807) is 64.7 Å². The number of ether oxygens (including phenoxy) is 1. The summed E-state index contributed by atoms with van der Waals surface area (Å²) in [6.07, 6.45) is 4.21. The standard InChI is InChI=1S/C45H48FN9O6S/c1-25-20-33(21-26(2)39(25)46)55-40(53-17-16-52(44(53)58)32-7-9-34(10-8-32)62(5,47)59)38-28(4)51(15-12-35(38)49-55)41(56)37-23-31-22-30(29-13-18-60-19-14-29)6-11-36(31)54(37)45(24-27(45)3)42-48-43(57)61-50-42/h6-11,20-23,27-29,47H,12-19,24H2,1-5H3,(H,48,50,57)/t27-,28-,45-,62+/m0/s1. The van der Waals surface area contributed by atoms with Gasteiger partial charge < -0.3 is 14.2 Å². The SMILES string of the molecule is Cc1cc(-n2nc3c(c2N2CCN(c4ccc([S@](C)(=N)=O)cc4)C2=O)[C@H](C)N(C(=O)c2cc4cc(C5CCOCC5)ccc4n2[C@@]2(c4noc(=O)[nH]4)C[C@@H]2C)CC3)cc(C)c1F. The molecule has 0 unspecified atom stereocenters. The summed E-state index contributed by atoms with van der Waals surface area (Å²) in [5, 5.41) is 10.2. The van der Waals surface area contributed by atoms with Crippen molar-refractivity contribution in [3.8, 4) is 5.69 Å². The van der Waals surface area contributed by atoms with Crippen LogP contribution in [-0.4, -0.2) is 84.6 Å². The summed E-state index contributed by atoms with van der Waals surface area (Å²) >= 11 is 0. The van der Waals surface area contributed by atoms with E-state index in [-0.39, 0.29) is 23.7 Å². The fourth-order valence-electron chi connectivity index (χ4n) is 10.1. The molecule has 2 saturated heterocycles. The molecule has 3 aromatic heterocycles. The Bertz CT molecular complexity index is 2960. The second-order valence-corrected chi connectivity index (χ2v) is 19.5. The molecule has 6 heterocycles. The summed E-state index contributed by atoms with van der Waals surface area (Å²) < 4.78 is 49.9. The maximum absolute atomic E-state index is 15.4. The summed E-state index contributed by atoms with van der Waals surface area (Å²) in [7, 11) is -2.95. The molecule has 0 bridgehead atoms. The van der Waals surface area contributed by atoms with Gasteiger partial charge in [-0.15, -0.1) is 0 Å². The van der Waals surface area contributed by atoms with Gasteiger partial charge in [0, 0.05) is 72.6 Å². The molecule has 10 rings (SSSR count). The lowest BCUT2D eigenvalue weighted by molar-refractivity contribution is 0.0664. The number of halogens is 1. The van der Waals surface area contributed by atoms with Gasteiger partial charge in [0.1, 0.15) is 22.9 Å². The minimum atomic E-state index is -2.95. The van der Waals surface area contributed by atoms with Gasteiger partial charge >= 0.3 is 11.8 Å². The van der Waals surface area contributed by atoms with Crippen LogP contribution in [0.3, 0.4) is 0 Å². The number of aromatic nitrogens is 5. The number of anilines is 2. The monoisotopic (exact) mass is 861 g/mol. The topological polar surface area (TPSA) is 176 Å². The van der Waals surface area contributed by atoms with Gasteiger partial charge in [-0.05, 0) is 123 Å². The molecule has 4 atom stereocenters. The van der Waals surface area contributed by atoms with E-state index in [0.29, 0.717) is 96.3 Å². The number of carbonyl (C=O) groups is 2. The zero-order chi connectivity index (χ0) is 43.4. The Balaban J connectivity index is 1.08. The normalized spacial score (nSPS) is 22.7. The number of aryl methyl sites for hydroxylation is 2. The van der Waals surface area contributed by atoms with Gasteiger partial charge in [0.05, 0.1) is 27.2 Å². The van der Waals surface area contributed by atoms with E-state index in [9.17, 15) is 13.8 Å². The highest BCUT2D eigenvalue weighted by Gasteiger charge is 2.59. The number of benzene rings is 3. The van der Waals surface area contributed by atoms with Gasteiger partial charge in [-0.2, -0.15) is 5.10 Å². The molecule has 0 spiro atoms. The van der Waals surface area contributed by atoms with Crippen molar-refractivity contribution in [2.75, 3.05) is 48.9 Å². The van der Waals surface area contributed by atoms with E-state index in [2.05, 4.69) is 35.3 Å². The van der Waals surface area contributed by atoms with Crippen molar-refractivity contribution in [1.82, 2.24) is 29.4 Å². The second kappa shape index (κ2) is 14.5. The summed E-state index contributed by atoms with van der Waals surface area (Å²) in [6.45, 7) is 9.78. The highest BCUT2D eigenvalue weighted by molar-refractivity contribution is 7.91. The lowest BCUT2D eigenvalue weighted by atomic mass is 9.91. The van der Waals surface area contributed by atoms with Crippen molar-refractivity contribution in [2.24, 2.45) is 5.92 Å². The molecule has 17 heteroatoms. The van der Waals surface area contributed by atoms with Crippen LogP contribution in [0.1, 0.15) is 89.3 Å². The number of nitrogens with zero attached hydrogens (tertiary/aromatic N) is 7. The summed E-state index contributed by atoms with van der Waals surface area (Å²) in [5.74, 6) is 0.0204. The van der Waals surface area contributed by atoms with Crippen LogP contribution in [0.25, 0.3) is 16.6 Å². The third-order valence-electron chi connectivity index (χ3n) is 13.5. The first-order chi connectivity index (χ1) is 29.6. The van der Waals surface area contributed by atoms with Crippen molar-refractivity contribution in [3.05, 3.63) is 116 Å². The van der Waals surface area contributed by atoms with Gasteiger partial charge in [-0.3, -0.25) is 24.1 Å². The first kappa shape index (κ1) is 40.0. The fourth-order valence-corrected chi connectivity index (χ4v) is 10.8. The van der Waals surface area contributed by atoms with Crippen LogP contribution >= 0.6 is 0 Å². The van der Waals surface area contributed by atoms with Crippen molar-refractivity contribution in [2.45, 2.75) is 75.8 Å². The van der Waals surface area contributed by atoms with Crippen molar-refractivity contribution in [3.63, 3.8) is 0 Å².